The van der Waals surface area contributed by atoms with Crippen LogP contribution in [0.4, 0.5) is 0 Å². The molecule has 0 aromatic carbocycles. The molecule has 0 heterocycles. The van der Waals surface area contributed by atoms with Crippen molar-refractivity contribution in [1.82, 2.24) is 0 Å². The van der Waals surface area contributed by atoms with Crippen LogP contribution in [-0.2, 0) is 4.74 Å². The molecule has 0 aromatic rings. The molecule has 0 saturated heterocycles. The minimum Gasteiger partial charge on any atom is -0.372 e. The molecule has 0 spiro atoms. The predicted molar refractivity (Wildman–Crippen MR) is 40.0 cm³/mol. The van der Waals surface area contributed by atoms with Gasteiger partial charge in [0.25, 0.3) is 0 Å². The quantitative estimate of drug-likeness (QED) is 0.567. The first-order chi connectivity index (χ1) is 4.18. The van der Waals surface area contributed by atoms with Gasteiger partial charge in [0, 0.05) is 0 Å². The Kier molecular flexibility index (Phi) is 4.78. The van der Waals surface area contributed by atoms with E-state index in [-0.39, 0.29) is 0 Å². The number of hydrogen-bond donors (Lipinski definition) is 0. The lowest BCUT2D eigenvalue weighted by Gasteiger charge is -2.14. The van der Waals surface area contributed by atoms with E-state index in [1.807, 2.05) is 6.61 Å². The monoisotopic (exact) mass is 129 g/mol. The molecular formula is C8H17O. The Labute approximate surface area is 58.4 Å². The molecule has 0 rings (SSSR count). The van der Waals surface area contributed by atoms with E-state index in [9.17, 15) is 0 Å². The second kappa shape index (κ2) is 4.80. The van der Waals surface area contributed by atoms with E-state index < -0.39 is 0 Å². The zero-order chi connectivity index (χ0) is 7.28. The van der Waals surface area contributed by atoms with Crippen molar-refractivity contribution in [2.45, 2.75) is 40.2 Å². The van der Waals surface area contributed by atoms with Gasteiger partial charge in [0.1, 0.15) is 0 Å². The van der Waals surface area contributed by atoms with Gasteiger partial charge in [-0.25, -0.2) is 0 Å². The van der Waals surface area contributed by atoms with Crippen molar-refractivity contribution in [3.8, 4) is 0 Å². The number of ether oxygens (including phenoxy) is 1. The van der Waals surface area contributed by atoms with Crippen molar-refractivity contribution in [3.63, 3.8) is 0 Å². The number of hydrogen-bond acceptors (Lipinski definition) is 1. The van der Waals surface area contributed by atoms with Crippen LogP contribution < -0.4 is 0 Å². The van der Waals surface area contributed by atoms with Crippen molar-refractivity contribution < 1.29 is 4.74 Å². The van der Waals surface area contributed by atoms with Crippen LogP contribution >= 0.6 is 0 Å². The van der Waals surface area contributed by atoms with E-state index in [1.165, 1.54) is 0 Å². The largest absolute Gasteiger partial charge is 0.372 e. The van der Waals surface area contributed by atoms with Gasteiger partial charge in [-0.1, -0.05) is 20.8 Å². The average Bonchev–Trinajstić information content (AvgIpc) is 1.82. The van der Waals surface area contributed by atoms with Crippen molar-refractivity contribution in [1.29, 1.82) is 0 Å². The predicted octanol–water partition coefficient (Wildman–Crippen LogP) is 2.62. The van der Waals surface area contributed by atoms with Gasteiger partial charge in [-0.05, 0) is 19.3 Å². The van der Waals surface area contributed by atoms with Crippen LogP contribution in [0.2, 0.25) is 0 Å². The highest BCUT2D eigenvalue weighted by Crippen LogP contribution is 2.06. The lowest BCUT2D eigenvalue weighted by molar-refractivity contribution is 0.0800. The minimum atomic E-state index is 0.366. The normalized spacial score (nSPS) is 14.3. The topological polar surface area (TPSA) is 9.23 Å². The lowest BCUT2D eigenvalue weighted by Crippen LogP contribution is -2.13. The SMILES string of the molecule is CC[CH]OC(C)C(C)C. The Hall–Kier alpha value is -0.0400. The molecule has 0 aromatic heterocycles. The van der Waals surface area contributed by atoms with Crippen molar-refractivity contribution in [2.75, 3.05) is 0 Å². The Bertz CT molecular complexity index is 59.6. The van der Waals surface area contributed by atoms with Gasteiger partial charge in [-0.3, -0.25) is 0 Å². The van der Waals surface area contributed by atoms with Crippen LogP contribution in [0, 0.1) is 12.5 Å². The lowest BCUT2D eigenvalue weighted by atomic mass is 10.1. The fraction of sp³-hybridized carbons (Fsp3) is 0.875. The Morgan fingerprint density at radius 2 is 1.89 bits per heavy atom. The Morgan fingerprint density at radius 1 is 1.33 bits per heavy atom. The summed E-state index contributed by atoms with van der Waals surface area (Å²) in [6, 6.07) is 0. The number of rotatable bonds is 4. The molecule has 0 aliphatic heterocycles. The highest BCUT2D eigenvalue weighted by molar-refractivity contribution is 4.57. The van der Waals surface area contributed by atoms with E-state index in [2.05, 4.69) is 27.7 Å². The highest BCUT2D eigenvalue weighted by atomic mass is 16.5. The van der Waals surface area contributed by atoms with E-state index in [0.717, 1.165) is 6.42 Å². The maximum Gasteiger partial charge on any atom is 0.0837 e. The third kappa shape index (κ3) is 4.46. The molecular weight excluding hydrogens is 112 g/mol. The van der Waals surface area contributed by atoms with Gasteiger partial charge in [0.2, 0.25) is 0 Å². The molecule has 0 saturated carbocycles. The van der Waals surface area contributed by atoms with Gasteiger partial charge in [-0.2, -0.15) is 0 Å². The van der Waals surface area contributed by atoms with E-state index >= 15 is 0 Å². The third-order valence-corrected chi connectivity index (χ3v) is 1.42. The molecule has 0 aliphatic rings. The van der Waals surface area contributed by atoms with Crippen LogP contribution in [0.1, 0.15) is 34.1 Å². The molecule has 1 nitrogen and oxygen atoms in total. The molecule has 1 atom stereocenters. The summed E-state index contributed by atoms with van der Waals surface area (Å²) in [6.45, 7) is 10.4. The summed E-state index contributed by atoms with van der Waals surface area (Å²) < 4.78 is 5.33. The third-order valence-electron chi connectivity index (χ3n) is 1.42. The van der Waals surface area contributed by atoms with Crippen molar-refractivity contribution in [3.05, 3.63) is 6.61 Å². The molecule has 0 N–H and O–H groups in total. The molecule has 0 aliphatic carbocycles. The summed E-state index contributed by atoms with van der Waals surface area (Å²) in [7, 11) is 0. The van der Waals surface area contributed by atoms with Crippen molar-refractivity contribution >= 4 is 0 Å². The van der Waals surface area contributed by atoms with Gasteiger partial charge in [0.15, 0.2) is 0 Å². The second-order valence-electron chi connectivity index (χ2n) is 2.66. The maximum atomic E-state index is 5.33. The molecule has 0 bridgehead atoms. The van der Waals surface area contributed by atoms with Crippen LogP contribution in [0.25, 0.3) is 0 Å². The summed E-state index contributed by atoms with van der Waals surface area (Å²) in [6.07, 6.45) is 1.36. The summed E-state index contributed by atoms with van der Waals surface area (Å²) in [4.78, 5) is 0. The molecule has 55 valence electrons. The van der Waals surface area contributed by atoms with Gasteiger partial charge in [-0.15, -0.1) is 0 Å². The first-order valence-electron chi connectivity index (χ1n) is 3.65. The summed E-state index contributed by atoms with van der Waals surface area (Å²) in [5, 5.41) is 0. The first kappa shape index (κ1) is 8.96. The zero-order valence-electron chi connectivity index (χ0n) is 6.85. The fourth-order valence-electron chi connectivity index (χ4n) is 0.405. The molecule has 0 fully saturated rings. The second-order valence-corrected chi connectivity index (χ2v) is 2.66. The Balaban J connectivity index is 3.16. The minimum absolute atomic E-state index is 0.366. The van der Waals surface area contributed by atoms with Gasteiger partial charge in [0.05, 0.1) is 12.7 Å². The Morgan fingerprint density at radius 3 is 2.22 bits per heavy atom. The summed E-state index contributed by atoms with van der Waals surface area (Å²) in [5.41, 5.74) is 0. The summed E-state index contributed by atoms with van der Waals surface area (Å²) >= 11 is 0. The maximum absolute atomic E-state index is 5.33. The average molecular weight is 129 g/mol. The fourth-order valence-corrected chi connectivity index (χ4v) is 0.405. The van der Waals surface area contributed by atoms with E-state index in [4.69, 9.17) is 4.74 Å². The first-order valence-corrected chi connectivity index (χ1v) is 3.65. The van der Waals surface area contributed by atoms with Crippen LogP contribution in [0.15, 0.2) is 0 Å². The highest BCUT2D eigenvalue weighted by Gasteiger charge is 2.05. The van der Waals surface area contributed by atoms with Gasteiger partial charge < -0.3 is 4.74 Å². The summed E-state index contributed by atoms with van der Waals surface area (Å²) in [5.74, 6) is 0.618. The standard InChI is InChI=1S/C8H17O/c1-5-6-9-8(4)7(2)3/h6-8H,5H2,1-4H3. The van der Waals surface area contributed by atoms with E-state index in [0.29, 0.717) is 12.0 Å². The molecule has 0 amide bonds. The molecule has 1 heteroatoms. The zero-order valence-corrected chi connectivity index (χ0v) is 6.85. The van der Waals surface area contributed by atoms with Crippen molar-refractivity contribution in [2.24, 2.45) is 5.92 Å². The molecule has 1 radical (unpaired) electrons. The molecule has 1 unspecified atom stereocenters. The van der Waals surface area contributed by atoms with Crippen LogP contribution in [0.5, 0.6) is 0 Å². The smallest absolute Gasteiger partial charge is 0.0837 e. The van der Waals surface area contributed by atoms with Crippen LogP contribution in [-0.4, -0.2) is 6.10 Å². The van der Waals surface area contributed by atoms with E-state index in [1.54, 1.807) is 0 Å². The van der Waals surface area contributed by atoms with Crippen LogP contribution in [0.3, 0.4) is 0 Å². The van der Waals surface area contributed by atoms with Gasteiger partial charge >= 0.3 is 0 Å². The molecule has 9 heavy (non-hydrogen) atoms.